The van der Waals surface area contributed by atoms with Gasteiger partial charge in [-0.3, -0.25) is 9.59 Å². The molecule has 2 fully saturated rings. The lowest BCUT2D eigenvalue weighted by Crippen LogP contribution is -2.46. The lowest BCUT2D eigenvalue weighted by molar-refractivity contribution is -0.140. The SMILES string of the molecule is NC1CCC(N(Cc2cc(NC(=O)c3cccs3)ccc2Cl)C(=O)C2CCCCC2)CC1. The number of thiophene rings is 1. The number of carbonyl (C=O) groups excluding carboxylic acids is 2. The van der Waals surface area contributed by atoms with Crippen molar-refractivity contribution < 1.29 is 9.59 Å². The number of hydrogen-bond acceptors (Lipinski definition) is 4. The maximum atomic E-state index is 13.6. The van der Waals surface area contributed by atoms with Crippen LogP contribution in [-0.4, -0.2) is 28.8 Å². The molecule has 0 saturated heterocycles. The Bertz CT molecular complexity index is 919. The van der Waals surface area contributed by atoms with Gasteiger partial charge in [-0.1, -0.05) is 36.9 Å². The van der Waals surface area contributed by atoms with E-state index in [1.807, 2.05) is 23.6 Å². The summed E-state index contributed by atoms with van der Waals surface area (Å²) >= 11 is 7.97. The monoisotopic (exact) mass is 473 g/mol. The predicted octanol–water partition coefficient (Wildman–Crippen LogP) is 5.83. The minimum atomic E-state index is -0.135. The number of amides is 2. The van der Waals surface area contributed by atoms with Crippen molar-refractivity contribution in [3.8, 4) is 0 Å². The molecule has 3 N–H and O–H groups in total. The van der Waals surface area contributed by atoms with Crippen LogP contribution in [-0.2, 0) is 11.3 Å². The molecular weight excluding hydrogens is 442 g/mol. The van der Waals surface area contributed by atoms with Crippen LogP contribution >= 0.6 is 22.9 Å². The Morgan fingerprint density at radius 3 is 2.50 bits per heavy atom. The predicted molar refractivity (Wildman–Crippen MR) is 131 cm³/mol. The summed E-state index contributed by atoms with van der Waals surface area (Å²) in [7, 11) is 0. The van der Waals surface area contributed by atoms with Crippen LogP contribution in [0.2, 0.25) is 5.02 Å². The highest BCUT2D eigenvalue weighted by molar-refractivity contribution is 7.12. The summed E-state index contributed by atoms with van der Waals surface area (Å²) in [5.41, 5.74) is 7.70. The first-order chi connectivity index (χ1) is 15.5. The smallest absolute Gasteiger partial charge is 0.265 e. The molecule has 2 aliphatic rings. The van der Waals surface area contributed by atoms with Crippen molar-refractivity contribution in [1.29, 1.82) is 0 Å². The molecule has 2 saturated carbocycles. The minimum absolute atomic E-state index is 0.111. The Morgan fingerprint density at radius 2 is 1.81 bits per heavy atom. The van der Waals surface area contributed by atoms with Gasteiger partial charge >= 0.3 is 0 Å². The Balaban J connectivity index is 1.53. The van der Waals surface area contributed by atoms with Gasteiger partial charge in [0.05, 0.1) is 4.88 Å². The fourth-order valence-electron chi connectivity index (χ4n) is 4.94. The minimum Gasteiger partial charge on any atom is -0.335 e. The van der Waals surface area contributed by atoms with E-state index >= 15 is 0 Å². The molecule has 0 aliphatic heterocycles. The van der Waals surface area contributed by atoms with Crippen molar-refractivity contribution in [2.45, 2.75) is 76.4 Å². The van der Waals surface area contributed by atoms with Crippen molar-refractivity contribution >= 4 is 40.4 Å². The third-order valence-corrected chi connectivity index (χ3v) is 8.05. The van der Waals surface area contributed by atoms with Crippen LogP contribution in [0.5, 0.6) is 0 Å². The van der Waals surface area contributed by atoms with E-state index in [-0.39, 0.29) is 29.8 Å². The van der Waals surface area contributed by atoms with Gasteiger partial charge in [0.2, 0.25) is 5.91 Å². The molecule has 1 aromatic heterocycles. The molecule has 2 amide bonds. The molecule has 0 radical (unpaired) electrons. The number of anilines is 1. The summed E-state index contributed by atoms with van der Waals surface area (Å²) in [4.78, 5) is 28.8. The van der Waals surface area contributed by atoms with E-state index in [9.17, 15) is 9.59 Å². The zero-order valence-electron chi connectivity index (χ0n) is 18.4. The summed E-state index contributed by atoms with van der Waals surface area (Å²) in [5, 5.41) is 5.46. The molecule has 0 bridgehead atoms. The van der Waals surface area contributed by atoms with Crippen molar-refractivity contribution in [2.24, 2.45) is 11.7 Å². The van der Waals surface area contributed by atoms with Gasteiger partial charge in [-0.05, 0) is 73.7 Å². The van der Waals surface area contributed by atoms with E-state index in [0.29, 0.717) is 22.1 Å². The van der Waals surface area contributed by atoms with E-state index in [1.165, 1.54) is 17.8 Å². The zero-order chi connectivity index (χ0) is 22.5. The van der Waals surface area contributed by atoms with E-state index < -0.39 is 0 Å². The highest BCUT2D eigenvalue weighted by atomic mass is 35.5. The van der Waals surface area contributed by atoms with Gasteiger partial charge in [-0.15, -0.1) is 11.3 Å². The first kappa shape index (κ1) is 23.3. The Kier molecular flexibility index (Phi) is 7.87. The molecule has 172 valence electrons. The number of nitrogens with zero attached hydrogens (tertiary/aromatic N) is 1. The molecule has 1 aromatic carbocycles. The van der Waals surface area contributed by atoms with Crippen molar-refractivity contribution in [2.75, 3.05) is 5.32 Å². The van der Waals surface area contributed by atoms with Gasteiger partial charge in [0.15, 0.2) is 0 Å². The summed E-state index contributed by atoms with van der Waals surface area (Å²) < 4.78 is 0. The summed E-state index contributed by atoms with van der Waals surface area (Å²) in [5.74, 6) is 0.235. The van der Waals surface area contributed by atoms with E-state index in [0.717, 1.165) is 56.9 Å². The molecule has 1 heterocycles. The van der Waals surface area contributed by atoms with E-state index in [2.05, 4.69) is 10.2 Å². The summed E-state index contributed by atoms with van der Waals surface area (Å²) in [6.45, 7) is 0.469. The van der Waals surface area contributed by atoms with Crippen molar-refractivity contribution in [1.82, 2.24) is 4.90 Å². The average molecular weight is 474 g/mol. The van der Waals surface area contributed by atoms with Crippen LogP contribution in [0.4, 0.5) is 5.69 Å². The van der Waals surface area contributed by atoms with Crippen LogP contribution in [0.3, 0.4) is 0 Å². The van der Waals surface area contributed by atoms with Crippen LogP contribution in [0.1, 0.15) is 73.0 Å². The average Bonchev–Trinajstić information content (AvgIpc) is 3.35. The Hall–Kier alpha value is -1.89. The van der Waals surface area contributed by atoms with Gasteiger partial charge in [0, 0.05) is 35.3 Å². The van der Waals surface area contributed by atoms with E-state index in [1.54, 1.807) is 12.1 Å². The number of carbonyl (C=O) groups is 2. The standard InChI is InChI=1S/C25H32ClN3O2S/c26-22-13-10-20(28-24(30)23-7-4-14-32-23)15-18(22)16-29(21-11-8-19(27)9-12-21)25(31)17-5-2-1-3-6-17/h4,7,10,13-15,17,19,21H,1-3,5-6,8-9,11-12,16,27H2,(H,28,30). The first-order valence-corrected chi connectivity index (χ1v) is 13.0. The highest BCUT2D eigenvalue weighted by Crippen LogP contribution is 2.32. The first-order valence-electron chi connectivity index (χ1n) is 11.7. The molecular formula is C25H32ClN3O2S. The van der Waals surface area contributed by atoms with Crippen LogP contribution in [0.15, 0.2) is 35.7 Å². The molecule has 4 rings (SSSR count). The number of nitrogens with two attached hydrogens (primary N) is 1. The number of halogens is 1. The van der Waals surface area contributed by atoms with Crippen LogP contribution in [0, 0.1) is 5.92 Å². The lowest BCUT2D eigenvalue weighted by atomic mass is 9.85. The second-order valence-electron chi connectivity index (χ2n) is 9.11. The molecule has 2 aromatic rings. The Labute approximate surface area is 199 Å². The zero-order valence-corrected chi connectivity index (χ0v) is 20.0. The normalized spacial score (nSPS) is 21.8. The third kappa shape index (κ3) is 5.72. The maximum absolute atomic E-state index is 13.6. The molecule has 0 unspecified atom stereocenters. The van der Waals surface area contributed by atoms with Gasteiger partial charge in [-0.25, -0.2) is 0 Å². The molecule has 5 nitrogen and oxygen atoms in total. The van der Waals surface area contributed by atoms with Gasteiger partial charge in [0.1, 0.15) is 0 Å². The number of benzene rings is 1. The number of hydrogen-bond donors (Lipinski definition) is 2. The molecule has 32 heavy (non-hydrogen) atoms. The molecule has 7 heteroatoms. The van der Waals surface area contributed by atoms with Gasteiger partial charge in [-0.2, -0.15) is 0 Å². The topological polar surface area (TPSA) is 75.4 Å². The van der Waals surface area contributed by atoms with Gasteiger partial charge < -0.3 is 16.0 Å². The van der Waals surface area contributed by atoms with Crippen LogP contribution < -0.4 is 11.1 Å². The summed E-state index contributed by atoms with van der Waals surface area (Å²) in [6.07, 6.45) is 9.21. The maximum Gasteiger partial charge on any atom is 0.265 e. The second kappa shape index (κ2) is 10.8. The largest absolute Gasteiger partial charge is 0.335 e. The lowest BCUT2D eigenvalue weighted by Gasteiger charge is -2.39. The molecule has 0 spiro atoms. The summed E-state index contributed by atoms with van der Waals surface area (Å²) in [6, 6.07) is 9.61. The fourth-order valence-corrected chi connectivity index (χ4v) is 5.74. The van der Waals surface area contributed by atoms with Crippen LogP contribution in [0.25, 0.3) is 0 Å². The number of rotatable bonds is 6. The molecule has 0 atom stereocenters. The third-order valence-electron chi connectivity index (χ3n) is 6.81. The van der Waals surface area contributed by atoms with Crippen molar-refractivity contribution in [3.05, 3.63) is 51.2 Å². The number of nitrogens with one attached hydrogen (secondary N) is 1. The van der Waals surface area contributed by atoms with E-state index in [4.69, 9.17) is 17.3 Å². The molecule has 2 aliphatic carbocycles. The Morgan fingerprint density at radius 1 is 1.06 bits per heavy atom. The quantitative estimate of drug-likeness (QED) is 0.553. The highest BCUT2D eigenvalue weighted by Gasteiger charge is 2.33. The van der Waals surface area contributed by atoms with Crippen molar-refractivity contribution in [3.63, 3.8) is 0 Å². The van der Waals surface area contributed by atoms with Gasteiger partial charge in [0.25, 0.3) is 5.91 Å². The second-order valence-corrected chi connectivity index (χ2v) is 10.5. The fraction of sp³-hybridized carbons (Fsp3) is 0.520.